The van der Waals surface area contributed by atoms with Crippen LogP contribution in [0.5, 0.6) is 0 Å². The average Bonchev–Trinajstić information content (AvgIpc) is 3.18. The van der Waals surface area contributed by atoms with Crippen molar-refractivity contribution in [2.45, 2.75) is 12.5 Å². The van der Waals surface area contributed by atoms with Crippen molar-refractivity contribution in [1.82, 2.24) is 9.88 Å². The normalized spacial score (nSPS) is 20.3. The first kappa shape index (κ1) is 14.5. The lowest BCUT2D eigenvalue weighted by Gasteiger charge is -2.13. The quantitative estimate of drug-likeness (QED) is 0.851. The third-order valence-electron chi connectivity index (χ3n) is 3.82. The first-order chi connectivity index (χ1) is 10.7. The lowest BCUT2D eigenvalue weighted by molar-refractivity contribution is 0.0940. The molecule has 1 aromatic carbocycles. The lowest BCUT2D eigenvalue weighted by Crippen LogP contribution is -2.33. The zero-order chi connectivity index (χ0) is 15.5. The molecule has 1 aliphatic carbocycles. The number of benzene rings is 1. The molecule has 0 bridgehead atoms. The van der Waals surface area contributed by atoms with Crippen molar-refractivity contribution < 1.29 is 14.3 Å². The fraction of sp³-hybridized carbons (Fsp3) is 0.235. The molecule has 0 radical (unpaired) electrons. The van der Waals surface area contributed by atoms with Gasteiger partial charge in [-0.05, 0) is 36.8 Å². The zero-order valence-electron chi connectivity index (χ0n) is 11.9. The van der Waals surface area contributed by atoms with Crippen LogP contribution >= 0.6 is 0 Å². The van der Waals surface area contributed by atoms with Crippen LogP contribution in [-0.2, 0) is 0 Å². The van der Waals surface area contributed by atoms with Gasteiger partial charge < -0.3 is 15.0 Å². The minimum atomic E-state index is -0.445. The highest BCUT2D eigenvalue weighted by atomic mass is 19.1. The smallest absolute Gasteiger partial charge is 0.251 e. The fourth-order valence-electron chi connectivity index (χ4n) is 2.62. The summed E-state index contributed by atoms with van der Waals surface area (Å²) >= 11 is 0. The van der Waals surface area contributed by atoms with Gasteiger partial charge in [0.1, 0.15) is 5.82 Å². The predicted octanol–water partition coefficient (Wildman–Crippen LogP) is 2.28. The van der Waals surface area contributed by atoms with Crippen molar-refractivity contribution in [1.29, 1.82) is 0 Å². The molecule has 2 atom stereocenters. The molecule has 1 aromatic heterocycles. The van der Waals surface area contributed by atoms with E-state index in [0.29, 0.717) is 12.1 Å². The van der Waals surface area contributed by atoms with Crippen LogP contribution in [0.25, 0.3) is 5.69 Å². The van der Waals surface area contributed by atoms with E-state index < -0.39 is 5.82 Å². The van der Waals surface area contributed by atoms with Crippen molar-refractivity contribution in [2.75, 3.05) is 6.61 Å². The maximum atomic E-state index is 14.2. The largest absolute Gasteiger partial charge is 0.396 e. The zero-order valence-corrected chi connectivity index (χ0v) is 11.9. The summed E-state index contributed by atoms with van der Waals surface area (Å²) in [4.78, 5) is 12.2. The number of rotatable bonds is 4. The van der Waals surface area contributed by atoms with Gasteiger partial charge in [-0.25, -0.2) is 4.39 Å². The number of carbonyl (C=O) groups excluding carboxylic acids is 1. The van der Waals surface area contributed by atoms with E-state index in [-0.39, 0.29) is 30.0 Å². The van der Waals surface area contributed by atoms with Gasteiger partial charge in [0.05, 0.1) is 5.69 Å². The molecular weight excluding hydrogens is 283 g/mol. The van der Waals surface area contributed by atoms with E-state index in [9.17, 15) is 9.18 Å². The number of hydrogen-bond donors (Lipinski definition) is 2. The van der Waals surface area contributed by atoms with Crippen molar-refractivity contribution in [2.24, 2.45) is 5.92 Å². The molecule has 22 heavy (non-hydrogen) atoms. The van der Waals surface area contributed by atoms with Gasteiger partial charge in [0.2, 0.25) is 0 Å². The molecule has 3 rings (SSSR count). The standard InChI is InChI=1S/C17H17FN2O2/c18-15-10-13(4-6-16(15)20-7-1-2-8-20)17(22)19-14-5-3-12(9-14)11-21/h1-8,10,12,14,21H,9,11H2,(H,19,22)/t12-,14+/m0/s1. The molecule has 1 heterocycles. The third-order valence-corrected chi connectivity index (χ3v) is 3.82. The predicted molar refractivity (Wildman–Crippen MR) is 81.3 cm³/mol. The highest BCUT2D eigenvalue weighted by Crippen LogP contribution is 2.19. The molecule has 0 aliphatic heterocycles. The summed E-state index contributed by atoms with van der Waals surface area (Å²) in [5.74, 6) is -0.677. The highest BCUT2D eigenvalue weighted by molar-refractivity contribution is 5.94. The van der Waals surface area contributed by atoms with Crippen LogP contribution in [0.15, 0.2) is 54.9 Å². The van der Waals surface area contributed by atoms with Crippen LogP contribution in [-0.4, -0.2) is 28.2 Å². The summed E-state index contributed by atoms with van der Waals surface area (Å²) in [7, 11) is 0. The Labute approximate surface area is 127 Å². The molecule has 0 unspecified atom stereocenters. The van der Waals surface area contributed by atoms with Crippen molar-refractivity contribution in [3.63, 3.8) is 0 Å². The number of amides is 1. The minimum absolute atomic E-state index is 0.0725. The summed E-state index contributed by atoms with van der Waals surface area (Å²) < 4.78 is 15.8. The number of aromatic nitrogens is 1. The maximum absolute atomic E-state index is 14.2. The number of aliphatic hydroxyl groups is 1. The molecule has 0 saturated heterocycles. The topological polar surface area (TPSA) is 54.3 Å². The summed E-state index contributed by atoms with van der Waals surface area (Å²) in [6.45, 7) is 0.0725. The molecule has 0 spiro atoms. The van der Waals surface area contributed by atoms with Gasteiger partial charge in [-0.1, -0.05) is 12.2 Å². The first-order valence-corrected chi connectivity index (χ1v) is 7.20. The molecule has 2 aromatic rings. The van der Waals surface area contributed by atoms with Crippen molar-refractivity contribution >= 4 is 5.91 Å². The van der Waals surface area contributed by atoms with Gasteiger partial charge in [-0.2, -0.15) is 0 Å². The average molecular weight is 300 g/mol. The molecule has 1 amide bonds. The Morgan fingerprint density at radius 2 is 2.09 bits per heavy atom. The van der Waals surface area contributed by atoms with Crippen LogP contribution < -0.4 is 5.32 Å². The fourth-order valence-corrected chi connectivity index (χ4v) is 2.62. The van der Waals surface area contributed by atoms with Crippen LogP contribution in [0.1, 0.15) is 16.8 Å². The summed E-state index contributed by atoms with van der Waals surface area (Å²) in [5, 5.41) is 11.9. The van der Waals surface area contributed by atoms with E-state index in [1.807, 2.05) is 24.3 Å². The number of halogens is 1. The molecule has 1 aliphatic rings. The summed E-state index contributed by atoms with van der Waals surface area (Å²) in [6, 6.07) is 7.94. The van der Waals surface area contributed by atoms with E-state index in [1.165, 1.54) is 6.07 Å². The van der Waals surface area contributed by atoms with Crippen LogP contribution in [0.2, 0.25) is 0 Å². The molecule has 5 heteroatoms. The van der Waals surface area contributed by atoms with Gasteiger partial charge in [0.25, 0.3) is 5.91 Å². The number of nitrogens with one attached hydrogen (secondary N) is 1. The van der Waals surface area contributed by atoms with Gasteiger partial charge in [-0.3, -0.25) is 4.79 Å². The molecule has 0 fully saturated rings. The van der Waals surface area contributed by atoms with Gasteiger partial charge in [0, 0.05) is 36.5 Å². The molecule has 0 saturated carbocycles. The number of nitrogens with zero attached hydrogens (tertiary/aromatic N) is 1. The van der Waals surface area contributed by atoms with Gasteiger partial charge in [0.15, 0.2) is 0 Å². The Kier molecular flexibility index (Phi) is 4.06. The van der Waals surface area contributed by atoms with E-state index in [0.717, 1.165) is 0 Å². The maximum Gasteiger partial charge on any atom is 0.251 e. The second kappa shape index (κ2) is 6.15. The summed E-state index contributed by atoms with van der Waals surface area (Å²) in [5.41, 5.74) is 0.692. The Bertz CT molecular complexity index is 695. The molecule has 2 N–H and O–H groups in total. The van der Waals surface area contributed by atoms with E-state index >= 15 is 0 Å². The number of aliphatic hydroxyl groups excluding tert-OH is 1. The Balaban J connectivity index is 1.71. The van der Waals surface area contributed by atoms with Crippen LogP contribution in [0, 0.1) is 11.7 Å². The number of hydrogen-bond acceptors (Lipinski definition) is 2. The van der Waals surface area contributed by atoms with E-state index in [1.54, 1.807) is 29.1 Å². The minimum Gasteiger partial charge on any atom is -0.396 e. The molecular formula is C17H17FN2O2. The molecule has 114 valence electrons. The highest BCUT2D eigenvalue weighted by Gasteiger charge is 2.20. The monoisotopic (exact) mass is 300 g/mol. The Morgan fingerprint density at radius 1 is 1.32 bits per heavy atom. The second-order valence-corrected chi connectivity index (χ2v) is 5.40. The Morgan fingerprint density at radius 3 is 2.73 bits per heavy atom. The SMILES string of the molecule is O=C(N[C@@H]1C=C[C@H](CO)C1)c1ccc(-n2cccc2)c(F)c1. The van der Waals surface area contributed by atoms with E-state index in [4.69, 9.17) is 5.11 Å². The van der Waals surface area contributed by atoms with Crippen LogP contribution in [0.3, 0.4) is 0 Å². The number of carbonyl (C=O) groups is 1. The lowest BCUT2D eigenvalue weighted by atomic mass is 10.1. The van der Waals surface area contributed by atoms with Crippen molar-refractivity contribution in [3.05, 3.63) is 66.3 Å². The van der Waals surface area contributed by atoms with Gasteiger partial charge >= 0.3 is 0 Å². The molecule has 4 nitrogen and oxygen atoms in total. The van der Waals surface area contributed by atoms with Crippen LogP contribution in [0.4, 0.5) is 4.39 Å². The van der Waals surface area contributed by atoms with Gasteiger partial charge in [-0.15, -0.1) is 0 Å². The summed E-state index contributed by atoms with van der Waals surface area (Å²) in [6.07, 6.45) is 7.92. The van der Waals surface area contributed by atoms with Crippen molar-refractivity contribution in [3.8, 4) is 5.69 Å². The second-order valence-electron chi connectivity index (χ2n) is 5.40. The Hall–Kier alpha value is -2.40. The third kappa shape index (κ3) is 2.94. The first-order valence-electron chi connectivity index (χ1n) is 7.20. The van der Waals surface area contributed by atoms with E-state index in [2.05, 4.69) is 5.32 Å².